The summed E-state index contributed by atoms with van der Waals surface area (Å²) in [6.45, 7) is 8.72. The summed E-state index contributed by atoms with van der Waals surface area (Å²) < 4.78 is 5.24. The molecule has 0 radical (unpaired) electrons. The molecular formula is C13H24N2O3. The van der Waals surface area contributed by atoms with E-state index in [0.29, 0.717) is 19.3 Å². The monoisotopic (exact) mass is 256 g/mol. The molecular weight excluding hydrogens is 232 g/mol. The van der Waals surface area contributed by atoms with Crippen molar-refractivity contribution in [3.05, 3.63) is 0 Å². The van der Waals surface area contributed by atoms with Crippen molar-refractivity contribution in [1.82, 2.24) is 10.6 Å². The normalized spacial score (nSPS) is 19.1. The highest BCUT2D eigenvalue weighted by atomic mass is 16.6. The van der Waals surface area contributed by atoms with Gasteiger partial charge in [0, 0.05) is 6.42 Å². The van der Waals surface area contributed by atoms with Crippen LogP contribution in [0.3, 0.4) is 0 Å². The number of hydrogen-bond acceptors (Lipinski definition) is 4. The standard InChI is InChI=1S/C13H24N2O3/c1-5-10(16)13(6-8-14-9-7-13)15-11(17)18-12(2,3)4/h14H,5-9H2,1-4H3,(H,15,17). The maximum atomic E-state index is 12.1. The van der Waals surface area contributed by atoms with Gasteiger partial charge in [-0.3, -0.25) is 4.79 Å². The number of carbonyl (C=O) groups excluding carboxylic acids is 2. The molecule has 1 rings (SSSR count). The molecule has 0 bridgehead atoms. The third-order valence-electron chi connectivity index (χ3n) is 3.05. The topological polar surface area (TPSA) is 67.4 Å². The molecule has 1 saturated heterocycles. The van der Waals surface area contributed by atoms with Crippen LogP contribution in [0.25, 0.3) is 0 Å². The summed E-state index contributed by atoms with van der Waals surface area (Å²) in [5, 5.41) is 5.98. The third kappa shape index (κ3) is 3.98. The van der Waals surface area contributed by atoms with E-state index >= 15 is 0 Å². The van der Waals surface area contributed by atoms with Crippen LogP contribution in [0.2, 0.25) is 0 Å². The Balaban J connectivity index is 2.73. The molecule has 0 unspecified atom stereocenters. The summed E-state index contributed by atoms with van der Waals surface area (Å²) in [6.07, 6.45) is 1.17. The number of alkyl carbamates (subject to hydrolysis) is 1. The summed E-state index contributed by atoms with van der Waals surface area (Å²) in [5.41, 5.74) is -1.30. The van der Waals surface area contributed by atoms with Crippen LogP contribution in [0.5, 0.6) is 0 Å². The first-order valence-corrected chi connectivity index (χ1v) is 6.54. The second-order valence-electron chi connectivity index (χ2n) is 5.74. The largest absolute Gasteiger partial charge is 0.444 e. The highest BCUT2D eigenvalue weighted by Crippen LogP contribution is 2.22. The van der Waals surface area contributed by atoms with Crippen LogP contribution >= 0.6 is 0 Å². The summed E-state index contributed by atoms with van der Waals surface area (Å²) in [7, 11) is 0. The highest BCUT2D eigenvalue weighted by Gasteiger charge is 2.40. The minimum absolute atomic E-state index is 0.0786. The fourth-order valence-electron chi connectivity index (χ4n) is 2.16. The minimum Gasteiger partial charge on any atom is -0.444 e. The quantitative estimate of drug-likeness (QED) is 0.805. The molecule has 0 aromatic rings. The number of rotatable bonds is 3. The van der Waals surface area contributed by atoms with Gasteiger partial charge >= 0.3 is 6.09 Å². The fourth-order valence-corrected chi connectivity index (χ4v) is 2.16. The predicted molar refractivity (Wildman–Crippen MR) is 69.5 cm³/mol. The Bertz CT molecular complexity index is 315. The van der Waals surface area contributed by atoms with Gasteiger partial charge in [-0.15, -0.1) is 0 Å². The molecule has 0 saturated carbocycles. The Labute approximate surface area is 109 Å². The molecule has 0 aliphatic carbocycles. The molecule has 1 fully saturated rings. The summed E-state index contributed by atoms with van der Waals surface area (Å²) in [6, 6.07) is 0. The number of hydrogen-bond donors (Lipinski definition) is 2. The number of Topliss-reactive ketones (excluding diaryl/α,β-unsaturated/α-hetero) is 1. The maximum Gasteiger partial charge on any atom is 0.408 e. The predicted octanol–water partition coefficient (Wildman–Crippen LogP) is 1.61. The van der Waals surface area contributed by atoms with E-state index in [9.17, 15) is 9.59 Å². The van der Waals surface area contributed by atoms with Crippen LogP contribution in [0.1, 0.15) is 47.0 Å². The van der Waals surface area contributed by atoms with Crippen LogP contribution in [-0.2, 0) is 9.53 Å². The summed E-state index contributed by atoms with van der Waals surface area (Å²) in [4.78, 5) is 23.9. The van der Waals surface area contributed by atoms with E-state index in [1.807, 2.05) is 27.7 Å². The van der Waals surface area contributed by atoms with Gasteiger partial charge in [0.25, 0.3) is 0 Å². The van der Waals surface area contributed by atoms with Crippen molar-refractivity contribution in [2.45, 2.75) is 58.1 Å². The molecule has 2 N–H and O–H groups in total. The van der Waals surface area contributed by atoms with Gasteiger partial charge in [0.2, 0.25) is 0 Å². The molecule has 1 amide bonds. The molecule has 0 aromatic carbocycles. The zero-order valence-corrected chi connectivity index (χ0v) is 11.8. The van der Waals surface area contributed by atoms with E-state index in [-0.39, 0.29) is 5.78 Å². The van der Waals surface area contributed by atoms with E-state index in [0.717, 1.165) is 13.1 Å². The van der Waals surface area contributed by atoms with Crippen LogP contribution in [-0.4, -0.2) is 36.1 Å². The first kappa shape index (κ1) is 15.0. The smallest absolute Gasteiger partial charge is 0.408 e. The Morgan fingerprint density at radius 2 is 1.83 bits per heavy atom. The summed E-state index contributed by atoms with van der Waals surface area (Å²) >= 11 is 0. The first-order chi connectivity index (χ1) is 8.29. The van der Waals surface area contributed by atoms with Gasteiger partial charge in [-0.25, -0.2) is 4.79 Å². The maximum absolute atomic E-state index is 12.1. The minimum atomic E-state index is -0.748. The van der Waals surface area contributed by atoms with Gasteiger partial charge in [0.1, 0.15) is 11.1 Å². The molecule has 104 valence electrons. The van der Waals surface area contributed by atoms with Crippen molar-refractivity contribution >= 4 is 11.9 Å². The zero-order chi connectivity index (χ0) is 13.8. The van der Waals surface area contributed by atoms with E-state index in [2.05, 4.69) is 10.6 Å². The Morgan fingerprint density at radius 1 is 1.28 bits per heavy atom. The lowest BCUT2D eigenvalue weighted by Crippen LogP contribution is -2.60. The molecule has 5 heteroatoms. The van der Waals surface area contributed by atoms with E-state index in [4.69, 9.17) is 4.74 Å². The SMILES string of the molecule is CCC(=O)C1(NC(=O)OC(C)(C)C)CCNCC1. The van der Waals surface area contributed by atoms with Crippen molar-refractivity contribution in [3.63, 3.8) is 0 Å². The number of ketones is 1. The highest BCUT2D eigenvalue weighted by molar-refractivity contribution is 5.91. The molecule has 0 aromatic heterocycles. The lowest BCUT2D eigenvalue weighted by molar-refractivity contribution is -0.126. The lowest BCUT2D eigenvalue weighted by Gasteiger charge is -2.37. The Hall–Kier alpha value is -1.10. The second-order valence-corrected chi connectivity index (χ2v) is 5.74. The number of carbonyl (C=O) groups is 2. The molecule has 1 aliphatic rings. The lowest BCUT2D eigenvalue weighted by atomic mass is 9.83. The molecule has 1 aliphatic heterocycles. The molecule has 0 spiro atoms. The Morgan fingerprint density at radius 3 is 2.28 bits per heavy atom. The third-order valence-corrected chi connectivity index (χ3v) is 3.05. The van der Waals surface area contributed by atoms with Crippen molar-refractivity contribution in [3.8, 4) is 0 Å². The van der Waals surface area contributed by atoms with Gasteiger partial charge in [-0.1, -0.05) is 6.92 Å². The van der Waals surface area contributed by atoms with E-state index < -0.39 is 17.2 Å². The molecule has 18 heavy (non-hydrogen) atoms. The van der Waals surface area contributed by atoms with E-state index in [1.54, 1.807) is 0 Å². The summed E-state index contributed by atoms with van der Waals surface area (Å²) in [5.74, 6) is 0.0786. The Kier molecular flexibility index (Phi) is 4.73. The van der Waals surface area contributed by atoms with Crippen molar-refractivity contribution in [2.24, 2.45) is 0 Å². The number of amides is 1. The number of piperidine rings is 1. The van der Waals surface area contributed by atoms with Crippen LogP contribution in [0.15, 0.2) is 0 Å². The van der Waals surface area contributed by atoms with Gasteiger partial charge in [-0.05, 0) is 46.7 Å². The van der Waals surface area contributed by atoms with Gasteiger partial charge in [0.05, 0.1) is 0 Å². The van der Waals surface area contributed by atoms with Crippen LogP contribution in [0, 0.1) is 0 Å². The molecule has 0 atom stereocenters. The van der Waals surface area contributed by atoms with Gasteiger partial charge < -0.3 is 15.4 Å². The van der Waals surface area contributed by atoms with Gasteiger partial charge in [-0.2, -0.15) is 0 Å². The van der Waals surface area contributed by atoms with Crippen molar-refractivity contribution < 1.29 is 14.3 Å². The van der Waals surface area contributed by atoms with Crippen LogP contribution in [0.4, 0.5) is 4.79 Å². The average molecular weight is 256 g/mol. The first-order valence-electron chi connectivity index (χ1n) is 6.54. The van der Waals surface area contributed by atoms with Crippen molar-refractivity contribution in [1.29, 1.82) is 0 Å². The number of ether oxygens (including phenoxy) is 1. The molecule has 5 nitrogen and oxygen atoms in total. The fraction of sp³-hybridized carbons (Fsp3) is 0.846. The second kappa shape index (κ2) is 5.69. The van der Waals surface area contributed by atoms with Crippen LogP contribution < -0.4 is 10.6 Å². The van der Waals surface area contributed by atoms with E-state index in [1.165, 1.54) is 0 Å². The van der Waals surface area contributed by atoms with Gasteiger partial charge in [0.15, 0.2) is 5.78 Å². The average Bonchev–Trinajstić information content (AvgIpc) is 2.26. The molecule has 1 heterocycles. The van der Waals surface area contributed by atoms with Crippen molar-refractivity contribution in [2.75, 3.05) is 13.1 Å². The zero-order valence-electron chi connectivity index (χ0n) is 11.8. The number of nitrogens with one attached hydrogen (secondary N) is 2.